The van der Waals surface area contributed by atoms with E-state index in [1.807, 2.05) is 36.1 Å². The Morgan fingerprint density at radius 2 is 2.05 bits per heavy atom. The van der Waals surface area contributed by atoms with Gasteiger partial charge in [0.1, 0.15) is 0 Å². The van der Waals surface area contributed by atoms with Crippen molar-refractivity contribution >= 4 is 17.3 Å². The molecule has 0 unspecified atom stereocenters. The van der Waals surface area contributed by atoms with Gasteiger partial charge in [0.05, 0.1) is 17.9 Å². The summed E-state index contributed by atoms with van der Waals surface area (Å²) in [5, 5.41) is 2.95. The lowest BCUT2D eigenvalue weighted by Gasteiger charge is -2.24. The Morgan fingerprint density at radius 3 is 2.63 bits per heavy atom. The van der Waals surface area contributed by atoms with Crippen LogP contribution in [0, 0.1) is 5.92 Å². The van der Waals surface area contributed by atoms with Crippen LogP contribution in [0.25, 0.3) is 0 Å². The average Bonchev–Trinajstić information content (AvgIpc) is 2.36. The van der Waals surface area contributed by atoms with Gasteiger partial charge in [-0.15, -0.1) is 0 Å². The molecule has 1 rings (SSSR count). The van der Waals surface area contributed by atoms with E-state index in [9.17, 15) is 4.79 Å². The Labute approximate surface area is 116 Å². The van der Waals surface area contributed by atoms with Crippen LogP contribution in [0.2, 0.25) is 0 Å². The monoisotopic (exact) mass is 263 g/mol. The molecule has 1 aromatic carbocycles. The third-order valence-electron chi connectivity index (χ3n) is 3.04. The number of nitrogens with one attached hydrogen (secondary N) is 1. The maximum absolute atomic E-state index is 11.9. The molecule has 1 aromatic rings. The zero-order valence-electron chi connectivity index (χ0n) is 12.1. The number of benzene rings is 1. The van der Waals surface area contributed by atoms with E-state index in [2.05, 4.69) is 19.2 Å². The van der Waals surface area contributed by atoms with E-state index in [1.54, 1.807) is 0 Å². The quantitative estimate of drug-likeness (QED) is 0.742. The minimum atomic E-state index is 0.0470. The number of carbonyl (C=O) groups excluding carboxylic acids is 1. The Hall–Kier alpha value is -1.71. The molecule has 0 aliphatic rings. The van der Waals surface area contributed by atoms with Gasteiger partial charge < -0.3 is 16.0 Å². The molecule has 0 heterocycles. The van der Waals surface area contributed by atoms with Crippen LogP contribution in [-0.4, -0.2) is 25.5 Å². The predicted octanol–water partition coefficient (Wildman–Crippen LogP) is 2.26. The van der Waals surface area contributed by atoms with Gasteiger partial charge in [-0.3, -0.25) is 4.79 Å². The minimum Gasteiger partial charge on any atom is -0.397 e. The van der Waals surface area contributed by atoms with E-state index in [4.69, 9.17) is 5.73 Å². The Balaban J connectivity index is 2.53. The van der Waals surface area contributed by atoms with E-state index in [0.717, 1.165) is 25.2 Å². The number of para-hydroxylation sites is 2. The topological polar surface area (TPSA) is 58.4 Å². The molecule has 0 aliphatic heterocycles. The highest BCUT2D eigenvalue weighted by Gasteiger charge is 2.11. The molecular weight excluding hydrogens is 238 g/mol. The van der Waals surface area contributed by atoms with E-state index < -0.39 is 0 Å². The van der Waals surface area contributed by atoms with E-state index in [-0.39, 0.29) is 5.91 Å². The molecule has 0 radical (unpaired) electrons. The molecular formula is C15H25N3O. The highest BCUT2D eigenvalue weighted by molar-refractivity contribution is 5.83. The maximum atomic E-state index is 11.9. The van der Waals surface area contributed by atoms with Crippen molar-refractivity contribution in [2.75, 3.05) is 30.3 Å². The fourth-order valence-corrected chi connectivity index (χ4v) is 1.87. The first-order chi connectivity index (χ1) is 9.04. The first-order valence-corrected chi connectivity index (χ1v) is 6.90. The number of hydrogen-bond acceptors (Lipinski definition) is 3. The van der Waals surface area contributed by atoms with Gasteiger partial charge in [-0.1, -0.05) is 26.0 Å². The van der Waals surface area contributed by atoms with Crippen LogP contribution in [0.3, 0.4) is 0 Å². The summed E-state index contributed by atoms with van der Waals surface area (Å²) in [5.74, 6) is 0.651. The zero-order chi connectivity index (χ0) is 14.3. The van der Waals surface area contributed by atoms with Crippen molar-refractivity contribution in [3.63, 3.8) is 0 Å². The number of rotatable bonds is 7. The van der Waals surface area contributed by atoms with E-state index in [0.29, 0.717) is 18.2 Å². The molecule has 0 fully saturated rings. The molecule has 0 spiro atoms. The third kappa shape index (κ3) is 5.20. The van der Waals surface area contributed by atoms with Crippen LogP contribution in [-0.2, 0) is 4.79 Å². The number of likely N-dealkylation sites (N-methyl/N-ethyl adjacent to an activating group) is 1. The lowest BCUT2D eigenvalue weighted by molar-refractivity contribution is -0.119. The molecule has 3 N–H and O–H groups in total. The van der Waals surface area contributed by atoms with E-state index >= 15 is 0 Å². The molecule has 0 aliphatic carbocycles. The second-order valence-corrected chi connectivity index (χ2v) is 5.11. The van der Waals surface area contributed by atoms with Gasteiger partial charge in [-0.05, 0) is 31.4 Å². The van der Waals surface area contributed by atoms with Crippen molar-refractivity contribution in [3.8, 4) is 0 Å². The van der Waals surface area contributed by atoms with Crippen molar-refractivity contribution in [2.24, 2.45) is 5.92 Å². The molecule has 19 heavy (non-hydrogen) atoms. The molecule has 0 aromatic heterocycles. The maximum Gasteiger partial charge on any atom is 0.239 e. The summed E-state index contributed by atoms with van der Waals surface area (Å²) >= 11 is 0. The lowest BCUT2D eigenvalue weighted by Crippen LogP contribution is -2.38. The molecule has 0 saturated heterocycles. The Morgan fingerprint density at radius 1 is 1.37 bits per heavy atom. The summed E-state index contributed by atoms with van der Waals surface area (Å²) in [4.78, 5) is 13.9. The van der Waals surface area contributed by atoms with E-state index in [1.165, 1.54) is 0 Å². The first-order valence-electron chi connectivity index (χ1n) is 6.90. The second-order valence-electron chi connectivity index (χ2n) is 5.11. The summed E-state index contributed by atoms with van der Waals surface area (Å²) < 4.78 is 0. The largest absolute Gasteiger partial charge is 0.397 e. The molecule has 4 heteroatoms. The fraction of sp³-hybridized carbons (Fsp3) is 0.533. The van der Waals surface area contributed by atoms with Crippen LogP contribution >= 0.6 is 0 Å². The highest BCUT2D eigenvalue weighted by Crippen LogP contribution is 2.21. The summed E-state index contributed by atoms with van der Waals surface area (Å²) in [6, 6.07) is 7.63. The first kappa shape index (κ1) is 15.3. The number of carbonyl (C=O) groups is 1. The summed E-state index contributed by atoms with van der Waals surface area (Å²) in [7, 11) is 0. The van der Waals surface area contributed by atoms with Crippen molar-refractivity contribution < 1.29 is 4.79 Å². The SMILES string of the molecule is CCN(CC(=O)NCCC(C)C)c1ccccc1N. The molecule has 106 valence electrons. The number of nitrogens with zero attached hydrogens (tertiary/aromatic N) is 1. The van der Waals surface area contributed by atoms with Crippen LogP contribution in [0.1, 0.15) is 27.2 Å². The number of nitrogen functional groups attached to an aromatic ring is 1. The third-order valence-corrected chi connectivity index (χ3v) is 3.04. The van der Waals surface area contributed by atoms with Gasteiger partial charge in [-0.25, -0.2) is 0 Å². The van der Waals surface area contributed by atoms with Crippen LogP contribution in [0.5, 0.6) is 0 Å². The Bertz CT molecular complexity index is 404. The number of nitrogens with two attached hydrogens (primary N) is 1. The van der Waals surface area contributed by atoms with Gasteiger partial charge >= 0.3 is 0 Å². The zero-order valence-corrected chi connectivity index (χ0v) is 12.1. The normalized spacial score (nSPS) is 10.5. The van der Waals surface area contributed by atoms with Crippen molar-refractivity contribution in [1.82, 2.24) is 5.32 Å². The molecule has 0 bridgehead atoms. The second kappa shape index (κ2) is 7.67. The van der Waals surface area contributed by atoms with Gasteiger partial charge in [0.15, 0.2) is 0 Å². The van der Waals surface area contributed by atoms with Gasteiger partial charge in [0, 0.05) is 13.1 Å². The van der Waals surface area contributed by atoms with Crippen LogP contribution in [0.15, 0.2) is 24.3 Å². The number of hydrogen-bond donors (Lipinski definition) is 2. The molecule has 4 nitrogen and oxygen atoms in total. The van der Waals surface area contributed by atoms with Gasteiger partial charge in [0.25, 0.3) is 0 Å². The smallest absolute Gasteiger partial charge is 0.239 e. The Kier molecular flexibility index (Phi) is 6.19. The summed E-state index contributed by atoms with van der Waals surface area (Å²) in [6.45, 7) is 8.16. The van der Waals surface area contributed by atoms with Gasteiger partial charge in [0.2, 0.25) is 5.91 Å². The summed E-state index contributed by atoms with van der Waals surface area (Å²) in [6.07, 6.45) is 1.01. The predicted molar refractivity (Wildman–Crippen MR) is 81.2 cm³/mol. The van der Waals surface area contributed by atoms with Crippen molar-refractivity contribution in [3.05, 3.63) is 24.3 Å². The summed E-state index contributed by atoms with van der Waals surface area (Å²) in [5.41, 5.74) is 7.57. The number of amides is 1. The molecule has 1 amide bonds. The number of anilines is 2. The van der Waals surface area contributed by atoms with Crippen LogP contribution < -0.4 is 16.0 Å². The lowest BCUT2D eigenvalue weighted by atomic mass is 10.1. The fourth-order valence-electron chi connectivity index (χ4n) is 1.87. The minimum absolute atomic E-state index is 0.0470. The molecule has 0 saturated carbocycles. The standard InChI is InChI=1S/C15H25N3O/c1-4-18(14-8-6-5-7-13(14)16)11-15(19)17-10-9-12(2)3/h5-8,12H,4,9-11,16H2,1-3H3,(H,17,19). The van der Waals surface area contributed by atoms with Crippen molar-refractivity contribution in [1.29, 1.82) is 0 Å². The van der Waals surface area contributed by atoms with Gasteiger partial charge in [-0.2, -0.15) is 0 Å². The van der Waals surface area contributed by atoms with Crippen molar-refractivity contribution in [2.45, 2.75) is 27.2 Å². The average molecular weight is 263 g/mol. The van der Waals surface area contributed by atoms with Crippen LogP contribution in [0.4, 0.5) is 11.4 Å². The molecule has 0 atom stereocenters. The highest BCUT2D eigenvalue weighted by atomic mass is 16.2.